The van der Waals surface area contributed by atoms with E-state index in [1.807, 2.05) is 4.72 Å². The summed E-state index contributed by atoms with van der Waals surface area (Å²) in [5.74, 6) is -3.86. The second-order valence-corrected chi connectivity index (χ2v) is 7.04. The number of H-pyrrole nitrogens is 1. The number of aromatic nitrogens is 3. The molecule has 0 aliphatic heterocycles. The number of fused-ring (bicyclic) bond motifs is 1. The van der Waals surface area contributed by atoms with Crippen LogP contribution in [0.2, 0.25) is 0 Å². The van der Waals surface area contributed by atoms with Gasteiger partial charge in [-0.25, -0.2) is 27.2 Å². The van der Waals surface area contributed by atoms with Gasteiger partial charge in [-0.15, -0.1) is 0 Å². The van der Waals surface area contributed by atoms with Crippen molar-refractivity contribution in [1.29, 1.82) is 0 Å². The van der Waals surface area contributed by atoms with Gasteiger partial charge < -0.3 is 10.3 Å². The van der Waals surface area contributed by atoms with E-state index in [1.165, 1.54) is 25.8 Å². The fourth-order valence-electron chi connectivity index (χ4n) is 2.42. The summed E-state index contributed by atoms with van der Waals surface area (Å²) < 4.78 is 54.4. The Bertz CT molecular complexity index is 1100. The van der Waals surface area contributed by atoms with Crippen molar-refractivity contribution in [2.24, 2.45) is 0 Å². The number of nitrogens with one attached hydrogen (secondary N) is 3. The van der Waals surface area contributed by atoms with E-state index < -0.39 is 44.6 Å². The lowest BCUT2D eigenvalue weighted by Gasteiger charge is -2.11. The number of carbonyl (C=O) groups is 1. The Hall–Kier alpha value is -2.92. The Morgan fingerprint density at radius 1 is 1.31 bits per heavy atom. The summed E-state index contributed by atoms with van der Waals surface area (Å²) in [5.41, 5.74) is -1.11. The van der Waals surface area contributed by atoms with Gasteiger partial charge in [-0.1, -0.05) is 0 Å². The molecule has 0 aliphatic carbocycles. The van der Waals surface area contributed by atoms with Crippen LogP contribution in [0.1, 0.15) is 15.9 Å². The largest absolute Gasteiger partial charge is 0.345 e. The molecular weight excluding hydrogens is 368 g/mol. The van der Waals surface area contributed by atoms with Crippen LogP contribution in [0.5, 0.6) is 0 Å². The third-order valence-electron chi connectivity index (χ3n) is 3.52. The number of nitrogens with zero attached hydrogens (tertiary/aromatic N) is 2. The lowest BCUT2D eigenvalue weighted by molar-refractivity contribution is 0.103. The first-order chi connectivity index (χ1) is 12.3. The quantitative estimate of drug-likeness (QED) is 0.556. The molecule has 8 nitrogen and oxygen atoms in total. The number of rotatable bonds is 6. The van der Waals surface area contributed by atoms with Crippen molar-refractivity contribution in [3.8, 4) is 0 Å². The van der Waals surface area contributed by atoms with Gasteiger partial charge in [0, 0.05) is 17.8 Å². The molecule has 3 aromatic rings. The van der Waals surface area contributed by atoms with Gasteiger partial charge in [-0.2, -0.15) is 0 Å². The Morgan fingerprint density at radius 2 is 2.08 bits per heavy atom. The van der Waals surface area contributed by atoms with Crippen molar-refractivity contribution < 1.29 is 22.0 Å². The highest BCUT2D eigenvalue weighted by Crippen LogP contribution is 2.26. The Labute approximate surface area is 146 Å². The average molecular weight is 381 g/mol. The number of sulfonamides is 1. The van der Waals surface area contributed by atoms with Gasteiger partial charge in [0.1, 0.15) is 23.7 Å². The highest BCUT2D eigenvalue weighted by molar-refractivity contribution is 7.92. The first kappa shape index (κ1) is 17.9. The molecule has 3 N–H and O–H groups in total. The van der Waals surface area contributed by atoms with Crippen LogP contribution >= 0.6 is 0 Å². The molecule has 2 aromatic heterocycles. The minimum Gasteiger partial charge on any atom is -0.345 e. The molecule has 0 aliphatic rings. The minimum atomic E-state index is -3.91. The number of benzene rings is 1. The molecule has 1 aromatic carbocycles. The highest BCUT2D eigenvalue weighted by Gasteiger charge is 2.25. The number of halogens is 2. The monoisotopic (exact) mass is 381 g/mol. The predicted molar refractivity (Wildman–Crippen MR) is 90.1 cm³/mol. The van der Waals surface area contributed by atoms with E-state index in [2.05, 4.69) is 20.3 Å². The fraction of sp³-hybridized carbons (Fsp3) is 0.133. The normalized spacial score (nSPS) is 11.7. The maximum absolute atomic E-state index is 14.7. The van der Waals surface area contributed by atoms with Crippen molar-refractivity contribution in [2.75, 3.05) is 17.6 Å². The number of ketones is 1. The molecule has 0 unspecified atom stereocenters. The maximum atomic E-state index is 14.7. The molecule has 3 rings (SSSR count). The standard InChI is InChI=1S/C15H13F2N5O3S/c1-18-7-26(24,25)22-11-3-2-10(16)12(13(11)17)14(23)8-5-20-15-9(8)4-19-6-21-15/h2-6,18,22H,7H2,1H3,(H,19,20,21). The summed E-state index contributed by atoms with van der Waals surface area (Å²) in [4.78, 5) is 23.1. The zero-order chi connectivity index (χ0) is 18.9. The summed E-state index contributed by atoms with van der Waals surface area (Å²) in [6, 6.07) is 1.73. The summed E-state index contributed by atoms with van der Waals surface area (Å²) in [6.07, 6.45) is 3.85. The minimum absolute atomic E-state index is 0.0337. The van der Waals surface area contributed by atoms with Crippen LogP contribution in [0.4, 0.5) is 14.5 Å². The molecule has 2 heterocycles. The Kier molecular flexibility index (Phi) is 4.66. The van der Waals surface area contributed by atoms with Gasteiger partial charge in [0.15, 0.2) is 5.82 Å². The number of hydrogen-bond acceptors (Lipinski definition) is 6. The number of carbonyl (C=O) groups excluding carboxylic acids is 1. The molecule has 0 bridgehead atoms. The van der Waals surface area contributed by atoms with E-state index in [4.69, 9.17) is 0 Å². The zero-order valence-electron chi connectivity index (χ0n) is 13.4. The third-order valence-corrected chi connectivity index (χ3v) is 4.72. The van der Waals surface area contributed by atoms with Crippen LogP contribution in [0.3, 0.4) is 0 Å². The van der Waals surface area contributed by atoms with Crippen LogP contribution in [0.25, 0.3) is 11.0 Å². The van der Waals surface area contributed by atoms with E-state index >= 15 is 0 Å². The van der Waals surface area contributed by atoms with Gasteiger partial charge in [0.05, 0.1) is 16.8 Å². The molecule has 0 fully saturated rings. The molecule has 0 radical (unpaired) electrons. The van der Waals surface area contributed by atoms with Crippen molar-refractivity contribution in [3.05, 3.63) is 53.6 Å². The van der Waals surface area contributed by atoms with Crippen molar-refractivity contribution in [3.63, 3.8) is 0 Å². The van der Waals surface area contributed by atoms with Crippen LogP contribution in [-0.4, -0.2) is 42.1 Å². The summed E-state index contributed by atoms with van der Waals surface area (Å²) in [7, 11) is -2.51. The molecular formula is C15H13F2N5O3S. The number of anilines is 1. The van der Waals surface area contributed by atoms with Crippen LogP contribution in [0.15, 0.2) is 30.9 Å². The van der Waals surface area contributed by atoms with Gasteiger partial charge in [-0.3, -0.25) is 9.52 Å². The van der Waals surface area contributed by atoms with Gasteiger partial charge in [-0.05, 0) is 19.2 Å². The van der Waals surface area contributed by atoms with Crippen LogP contribution in [-0.2, 0) is 10.0 Å². The molecule has 0 saturated heterocycles. The molecule has 26 heavy (non-hydrogen) atoms. The lowest BCUT2D eigenvalue weighted by Crippen LogP contribution is -2.26. The second kappa shape index (κ2) is 6.77. The Morgan fingerprint density at radius 3 is 2.81 bits per heavy atom. The van der Waals surface area contributed by atoms with E-state index in [0.717, 1.165) is 12.1 Å². The summed E-state index contributed by atoms with van der Waals surface area (Å²) in [5, 5.41) is 2.70. The Balaban J connectivity index is 2.07. The van der Waals surface area contributed by atoms with Crippen LogP contribution < -0.4 is 10.0 Å². The smallest absolute Gasteiger partial charge is 0.245 e. The third kappa shape index (κ3) is 3.26. The van der Waals surface area contributed by atoms with Gasteiger partial charge >= 0.3 is 0 Å². The first-order valence-electron chi connectivity index (χ1n) is 7.29. The highest BCUT2D eigenvalue weighted by atomic mass is 32.2. The maximum Gasteiger partial charge on any atom is 0.245 e. The van der Waals surface area contributed by atoms with Crippen molar-refractivity contribution in [1.82, 2.24) is 20.3 Å². The molecule has 0 amide bonds. The molecule has 0 saturated carbocycles. The van der Waals surface area contributed by atoms with E-state index in [9.17, 15) is 22.0 Å². The topological polar surface area (TPSA) is 117 Å². The van der Waals surface area contributed by atoms with Crippen molar-refractivity contribution in [2.45, 2.75) is 0 Å². The lowest BCUT2D eigenvalue weighted by atomic mass is 10.0. The molecule has 11 heteroatoms. The van der Waals surface area contributed by atoms with E-state index in [-0.39, 0.29) is 10.9 Å². The van der Waals surface area contributed by atoms with Crippen LogP contribution in [0, 0.1) is 11.6 Å². The summed E-state index contributed by atoms with van der Waals surface area (Å²) in [6.45, 7) is 0. The van der Waals surface area contributed by atoms with Gasteiger partial charge in [0.2, 0.25) is 15.8 Å². The van der Waals surface area contributed by atoms with Crippen molar-refractivity contribution >= 4 is 32.5 Å². The van der Waals surface area contributed by atoms with E-state index in [1.54, 1.807) is 0 Å². The summed E-state index contributed by atoms with van der Waals surface area (Å²) >= 11 is 0. The number of aromatic amines is 1. The first-order valence-corrected chi connectivity index (χ1v) is 8.94. The predicted octanol–water partition coefficient (Wildman–Crippen LogP) is 1.39. The molecule has 0 spiro atoms. The molecule has 0 atom stereocenters. The second-order valence-electron chi connectivity index (χ2n) is 5.32. The molecule has 136 valence electrons. The number of hydrogen-bond donors (Lipinski definition) is 3. The average Bonchev–Trinajstić information content (AvgIpc) is 3.01. The fourth-order valence-corrected chi connectivity index (χ4v) is 3.36. The van der Waals surface area contributed by atoms with E-state index in [0.29, 0.717) is 5.65 Å². The SMILES string of the molecule is CNCS(=O)(=O)Nc1ccc(F)c(C(=O)c2c[nH]c3ncncc23)c1F. The van der Waals surface area contributed by atoms with Gasteiger partial charge in [0.25, 0.3) is 0 Å². The zero-order valence-corrected chi connectivity index (χ0v) is 14.2.